The van der Waals surface area contributed by atoms with Gasteiger partial charge in [0.1, 0.15) is 0 Å². The van der Waals surface area contributed by atoms with Crippen LogP contribution >= 0.6 is 27.7 Å². The Morgan fingerprint density at radius 3 is 2.84 bits per heavy atom. The molecule has 1 aliphatic rings. The third-order valence-electron chi connectivity index (χ3n) is 5.71. The molecular weight excluding hydrogens is 474 g/mol. The monoisotopic (exact) mass is 499 g/mol. The van der Waals surface area contributed by atoms with Crippen molar-refractivity contribution in [1.82, 2.24) is 19.7 Å². The first-order valence-corrected chi connectivity index (χ1v) is 12.3. The van der Waals surface area contributed by atoms with E-state index < -0.39 is 0 Å². The number of hydrogen-bond donors (Lipinski definition) is 1. The van der Waals surface area contributed by atoms with E-state index in [0.29, 0.717) is 12.0 Å². The number of hydrogen-bond acceptors (Lipinski definition) is 5. The van der Waals surface area contributed by atoms with E-state index >= 15 is 0 Å². The van der Waals surface area contributed by atoms with Gasteiger partial charge in [-0.1, -0.05) is 37.6 Å². The molecule has 6 nitrogen and oxygen atoms in total. The predicted octanol–water partition coefficient (Wildman–Crippen LogP) is 5.89. The molecule has 0 spiro atoms. The minimum atomic E-state index is -0.0660. The van der Waals surface area contributed by atoms with Gasteiger partial charge in [0.15, 0.2) is 11.0 Å². The Labute approximate surface area is 195 Å². The molecule has 1 aliphatic carbocycles. The minimum absolute atomic E-state index is 0.0660. The third-order valence-corrected chi connectivity index (χ3v) is 7.31. The van der Waals surface area contributed by atoms with E-state index in [0.717, 1.165) is 38.7 Å². The van der Waals surface area contributed by atoms with Crippen LogP contribution in [-0.4, -0.2) is 31.4 Å². The van der Waals surface area contributed by atoms with Crippen LogP contribution in [0, 0.1) is 12.8 Å². The summed E-state index contributed by atoms with van der Waals surface area (Å²) in [6.07, 6.45) is 8.34. The van der Waals surface area contributed by atoms with E-state index in [9.17, 15) is 4.79 Å². The van der Waals surface area contributed by atoms with Gasteiger partial charge in [0.25, 0.3) is 0 Å². The zero-order valence-corrected chi connectivity index (χ0v) is 20.1. The average molecular weight is 500 g/mol. The number of nitrogens with one attached hydrogen (secondary N) is 1. The van der Waals surface area contributed by atoms with E-state index in [1.54, 1.807) is 6.20 Å². The fourth-order valence-corrected chi connectivity index (χ4v) is 5.47. The number of aromatic nitrogens is 4. The first kappa shape index (κ1) is 22.0. The van der Waals surface area contributed by atoms with E-state index in [4.69, 9.17) is 0 Å². The van der Waals surface area contributed by atoms with Crippen LogP contribution < -0.4 is 5.32 Å². The van der Waals surface area contributed by atoms with Crippen LogP contribution in [0.25, 0.3) is 11.4 Å². The van der Waals surface area contributed by atoms with Crippen molar-refractivity contribution in [2.45, 2.75) is 50.7 Å². The van der Waals surface area contributed by atoms with Crippen LogP contribution in [0.4, 0.5) is 5.69 Å². The molecule has 0 radical (unpaired) electrons. The highest BCUT2D eigenvalue weighted by molar-refractivity contribution is 9.10. The second kappa shape index (κ2) is 9.96. The van der Waals surface area contributed by atoms with Crippen LogP contribution in [0.5, 0.6) is 0 Å². The Morgan fingerprint density at radius 2 is 2.10 bits per heavy atom. The van der Waals surface area contributed by atoms with Gasteiger partial charge >= 0.3 is 0 Å². The Hall–Kier alpha value is -2.19. The van der Waals surface area contributed by atoms with E-state index in [1.807, 2.05) is 43.5 Å². The lowest BCUT2D eigenvalue weighted by molar-refractivity contribution is -0.113. The van der Waals surface area contributed by atoms with Gasteiger partial charge in [-0.2, -0.15) is 0 Å². The predicted molar refractivity (Wildman–Crippen MR) is 128 cm³/mol. The van der Waals surface area contributed by atoms with Crippen molar-refractivity contribution in [3.8, 4) is 11.4 Å². The number of pyridine rings is 1. The summed E-state index contributed by atoms with van der Waals surface area (Å²) in [7, 11) is 0. The molecule has 2 heterocycles. The number of halogens is 1. The molecule has 0 aliphatic heterocycles. The second-order valence-electron chi connectivity index (χ2n) is 8.07. The Morgan fingerprint density at radius 1 is 1.26 bits per heavy atom. The molecule has 1 saturated carbocycles. The van der Waals surface area contributed by atoms with Crippen LogP contribution in [0.3, 0.4) is 0 Å². The van der Waals surface area contributed by atoms with Gasteiger partial charge in [0.2, 0.25) is 5.91 Å². The molecule has 1 fully saturated rings. The van der Waals surface area contributed by atoms with Crippen molar-refractivity contribution >= 4 is 39.3 Å². The fourth-order valence-electron chi connectivity index (χ4n) is 4.08. The Bertz CT molecular complexity index is 1060. The lowest BCUT2D eigenvalue weighted by Crippen LogP contribution is -2.23. The minimum Gasteiger partial charge on any atom is -0.324 e. The van der Waals surface area contributed by atoms with Crippen molar-refractivity contribution in [2.24, 2.45) is 5.92 Å². The second-order valence-corrected chi connectivity index (χ2v) is 9.86. The topological polar surface area (TPSA) is 72.7 Å². The number of rotatable bonds is 6. The van der Waals surface area contributed by atoms with Gasteiger partial charge in [0.05, 0.1) is 11.4 Å². The Kier molecular flexibility index (Phi) is 7.07. The van der Waals surface area contributed by atoms with Crippen LogP contribution in [0.15, 0.2) is 52.4 Å². The van der Waals surface area contributed by atoms with Crippen molar-refractivity contribution in [3.05, 3.63) is 52.8 Å². The molecule has 4 rings (SSSR count). The van der Waals surface area contributed by atoms with Crippen LogP contribution in [-0.2, 0) is 4.79 Å². The van der Waals surface area contributed by atoms with Gasteiger partial charge in [-0.25, -0.2) is 0 Å². The SMILES string of the molecule is Cc1ccc(NC(=O)CSc2nnc(-c3cccnc3)n2[C@@H]2CCCC[C@@H]2C)c(Br)c1. The number of anilines is 1. The summed E-state index contributed by atoms with van der Waals surface area (Å²) in [4.78, 5) is 16.9. The molecule has 2 aromatic heterocycles. The van der Waals surface area contributed by atoms with Gasteiger partial charge in [-0.05, 0) is 71.4 Å². The first-order valence-electron chi connectivity index (χ1n) is 10.6. The molecule has 1 N–H and O–H groups in total. The van der Waals surface area contributed by atoms with E-state index in [2.05, 4.69) is 47.9 Å². The summed E-state index contributed by atoms with van der Waals surface area (Å²) >= 11 is 4.95. The molecule has 162 valence electrons. The number of aryl methyl sites for hydroxylation is 1. The molecule has 1 amide bonds. The smallest absolute Gasteiger partial charge is 0.234 e. The zero-order chi connectivity index (χ0) is 21.8. The van der Waals surface area contributed by atoms with Crippen molar-refractivity contribution < 1.29 is 4.79 Å². The molecule has 1 aromatic carbocycles. The van der Waals surface area contributed by atoms with Crippen LogP contribution in [0.1, 0.15) is 44.2 Å². The highest BCUT2D eigenvalue weighted by Crippen LogP contribution is 2.38. The summed E-state index contributed by atoms with van der Waals surface area (Å²) in [5, 5.41) is 12.7. The number of nitrogens with zero attached hydrogens (tertiary/aromatic N) is 4. The average Bonchev–Trinajstić information content (AvgIpc) is 3.19. The third kappa shape index (κ3) is 5.18. The highest BCUT2D eigenvalue weighted by atomic mass is 79.9. The number of amides is 1. The molecule has 0 unspecified atom stereocenters. The molecule has 31 heavy (non-hydrogen) atoms. The fraction of sp³-hybridized carbons (Fsp3) is 0.391. The summed E-state index contributed by atoms with van der Waals surface area (Å²) in [5.74, 6) is 1.57. The largest absolute Gasteiger partial charge is 0.324 e. The summed E-state index contributed by atoms with van der Waals surface area (Å²) in [5.41, 5.74) is 2.86. The zero-order valence-electron chi connectivity index (χ0n) is 17.7. The van der Waals surface area contributed by atoms with Gasteiger partial charge in [-0.3, -0.25) is 14.3 Å². The molecule has 8 heteroatoms. The van der Waals surface area contributed by atoms with Gasteiger partial charge in [0, 0.05) is 28.5 Å². The van der Waals surface area contributed by atoms with E-state index in [-0.39, 0.29) is 11.7 Å². The maximum absolute atomic E-state index is 12.6. The highest BCUT2D eigenvalue weighted by Gasteiger charge is 2.29. The maximum Gasteiger partial charge on any atom is 0.234 e. The molecule has 0 bridgehead atoms. The number of benzene rings is 1. The molecule has 0 saturated heterocycles. The maximum atomic E-state index is 12.6. The van der Waals surface area contributed by atoms with Crippen molar-refractivity contribution in [3.63, 3.8) is 0 Å². The molecule has 3 aromatic rings. The molecule has 2 atom stereocenters. The Balaban J connectivity index is 1.55. The van der Waals surface area contributed by atoms with Gasteiger partial charge < -0.3 is 5.32 Å². The summed E-state index contributed by atoms with van der Waals surface area (Å²) in [6, 6.07) is 10.1. The van der Waals surface area contributed by atoms with Gasteiger partial charge in [-0.15, -0.1) is 10.2 Å². The summed E-state index contributed by atoms with van der Waals surface area (Å²) in [6.45, 7) is 4.32. The normalized spacial score (nSPS) is 18.7. The van der Waals surface area contributed by atoms with Crippen molar-refractivity contribution in [2.75, 3.05) is 11.1 Å². The quantitative estimate of drug-likeness (QED) is 0.427. The molecular formula is C23H26BrN5OS. The number of thioether (sulfide) groups is 1. The lowest BCUT2D eigenvalue weighted by Gasteiger charge is -2.31. The number of carbonyl (C=O) groups excluding carboxylic acids is 1. The van der Waals surface area contributed by atoms with Crippen LogP contribution in [0.2, 0.25) is 0 Å². The summed E-state index contributed by atoms with van der Waals surface area (Å²) < 4.78 is 3.12. The van der Waals surface area contributed by atoms with E-state index in [1.165, 1.54) is 31.0 Å². The lowest BCUT2D eigenvalue weighted by atomic mass is 9.85. The standard InChI is InChI=1S/C23H26BrN5OS/c1-15-9-10-19(18(24)12-15)26-21(30)14-31-23-28-27-22(17-7-5-11-25-13-17)29(23)20-8-4-3-6-16(20)2/h5,7,9-13,16,20H,3-4,6,8,14H2,1-2H3,(H,26,30)/t16-,20+/m0/s1. The first-order chi connectivity index (χ1) is 15.0. The van der Waals surface area contributed by atoms with Crippen molar-refractivity contribution in [1.29, 1.82) is 0 Å². The number of carbonyl (C=O) groups is 1.